The summed E-state index contributed by atoms with van der Waals surface area (Å²) in [5, 5.41) is 11.9. The van der Waals surface area contributed by atoms with Crippen molar-refractivity contribution in [2.75, 3.05) is 56.2 Å². The highest BCUT2D eigenvalue weighted by atomic mass is 32.2. The van der Waals surface area contributed by atoms with E-state index in [0.717, 1.165) is 24.3 Å². The summed E-state index contributed by atoms with van der Waals surface area (Å²) in [6, 6.07) is 12.1. The number of piperazine rings is 1. The van der Waals surface area contributed by atoms with Crippen molar-refractivity contribution in [3.05, 3.63) is 52.6 Å². The highest BCUT2D eigenvalue weighted by molar-refractivity contribution is 7.89. The average molecular weight is 475 g/mol. The molecule has 0 atom stereocenters. The van der Waals surface area contributed by atoms with Crippen LogP contribution in [0.1, 0.15) is 19.8 Å². The number of methoxy groups -OCH3 is 1. The van der Waals surface area contributed by atoms with Gasteiger partial charge in [0.1, 0.15) is 11.4 Å². The number of sulfonamides is 1. The zero-order valence-corrected chi connectivity index (χ0v) is 19.8. The molecule has 178 valence electrons. The molecule has 0 aromatic heterocycles. The van der Waals surface area contributed by atoms with Gasteiger partial charge in [0, 0.05) is 51.0 Å². The molecule has 2 aliphatic heterocycles. The fraction of sp³-hybridized carbons (Fsp3) is 0.478. The smallest absolute Gasteiger partial charge is 0.293 e. The number of ether oxygens (including phenoxy) is 1. The number of nitro benzene ring substituents is 1. The third-order valence-electron chi connectivity index (χ3n) is 6.58. The zero-order valence-electron chi connectivity index (χ0n) is 19.0. The second kappa shape index (κ2) is 9.56. The third kappa shape index (κ3) is 4.91. The van der Waals surface area contributed by atoms with Crippen molar-refractivity contribution in [3.63, 3.8) is 0 Å². The summed E-state index contributed by atoms with van der Waals surface area (Å²) in [5.41, 5.74) is 1.36. The monoisotopic (exact) mass is 474 g/mol. The highest BCUT2D eigenvalue weighted by Gasteiger charge is 2.31. The van der Waals surface area contributed by atoms with Crippen molar-refractivity contribution < 1.29 is 18.1 Å². The molecule has 0 spiro atoms. The first-order chi connectivity index (χ1) is 15.8. The van der Waals surface area contributed by atoms with Crippen LogP contribution in [0.15, 0.2) is 47.4 Å². The van der Waals surface area contributed by atoms with E-state index in [2.05, 4.69) is 11.8 Å². The normalized spacial score (nSPS) is 18.4. The van der Waals surface area contributed by atoms with Crippen LogP contribution < -0.4 is 14.5 Å². The Morgan fingerprint density at radius 3 is 2.12 bits per heavy atom. The van der Waals surface area contributed by atoms with Gasteiger partial charge in [-0.3, -0.25) is 10.1 Å². The molecule has 0 saturated carbocycles. The molecule has 2 saturated heterocycles. The second-order valence-corrected chi connectivity index (χ2v) is 10.6. The van der Waals surface area contributed by atoms with Crippen molar-refractivity contribution >= 4 is 27.1 Å². The summed E-state index contributed by atoms with van der Waals surface area (Å²) in [4.78, 5) is 15.5. The SMILES string of the molecule is COc1ccc(N2CCN(c3ccc(S(=O)(=O)N4CCC(C)CC4)cc3[N+](=O)[O-])CC2)cc1. The van der Waals surface area contributed by atoms with E-state index >= 15 is 0 Å². The Kier molecular flexibility index (Phi) is 6.76. The van der Waals surface area contributed by atoms with E-state index < -0.39 is 14.9 Å². The Labute approximate surface area is 194 Å². The molecule has 0 amide bonds. The van der Waals surface area contributed by atoms with Crippen LogP contribution in [-0.4, -0.2) is 64.0 Å². The van der Waals surface area contributed by atoms with Crippen LogP contribution in [-0.2, 0) is 10.0 Å². The molecule has 4 rings (SSSR count). The molecule has 0 N–H and O–H groups in total. The van der Waals surface area contributed by atoms with Gasteiger partial charge < -0.3 is 14.5 Å². The van der Waals surface area contributed by atoms with Crippen LogP contribution >= 0.6 is 0 Å². The molecular weight excluding hydrogens is 444 g/mol. The van der Waals surface area contributed by atoms with E-state index in [-0.39, 0.29) is 10.6 Å². The molecule has 9 nitrogen and oxygen atoms in total. The lowest BCUT2D eigenvalue weighted by atomic mass is 10.0. The van der Waals surface area contributed by atoms with Crippen molar-refractivity contribution in [2.45, 2.75) is 24.7 Å². The van der Waals surface area contributed by atoms with E-state index in [4.69, 9.17) is 4.74 Å². The average Bonchev–Trinajstić information content (AvgIpc) is 2.84. The predicted molar refractivity (Wildman–Crippen MR) is 128 cm³/mol. The summed E-state index contributed by atoms with van der Waals surface area (Å²) < 4.78 is 32.8. The zero-order chi connectivity index (χ0) is 23.6. The minimum absolute atomic E-state index is 0.00984. The predicted octanol–water partition coefficient (Wildman–Crippen LogP) is 3.35. The lowest BCUT2D eigenvalue weighted by molar-refractivity contribution is -0.384. The van der Waals surface area contributed by atoms with Gasteiger partial charge in [-0.05, 0) is 55.2 Å². The minimum atomic E-state index is -3.75. The Bertz CT molecular complexity index is 1090. The molecule has 2 aliphatic rings. The minimum Gasteiger partial charge on any atom is -0.497 e. The quantitative estimate of drug-likeness (QED) is 0.468. The van der Waals surface area contributed by atoms with Crippen molar-refractivity contribution in [1.82, 2.24) is 4.31 Å². The highest BCUT2D eigenvalue weighted by Crippen LogP contribution is 2.34. The maximum atomic E-state index is 13.1. The van der Waals surface area contributed by atoms with Crippen LogP contribution in [0.5, 0.6) is 5.75 Å². The molecule has 0 radical (unpaired) electrons. The molecule has 2 fully saturated rings. The van der Waals surface area contributed by atoms with Gasteiger partial charge in [0.05, 0.1) is 16.9 Å². The van der Waals surface area contributed by atoms with Crippen molar-refractivity contribution in [2.24, 2.45) is 5.92 Å². The van der Waals surface area contributed by atoms with Crippen LogP contribution in [0.3, 0.4) is 0 Å². The van der Waals surface area contributed by atoms with Crippen LogP contribution in [0.25, 0.3) is 0 Å². The summed E-state index contributed by atoms with van der Waals surface area (Å²) >= 11 is 0. The molecule has 0 unspecified atom stereocenters. The standard InChI is InChI=1S/C23H30N4O5S/c1-18-9-11-26(12-10-18)33(30,31)21-7-8-22(23(17-21)27(28)29)25-15-13-24(14-16-25)19-3-5-20(32-2)6-4-19/h3-8,17-18H,9-16H2,1-2H3. The molecule has 2 aromatic rings. The fourth-order valence-electron chi connectivity index (χ4n) is 4.45. The maximum absolute atomic E-state index is 13.1. The molecular formula is C23H30N4O5S. The van der Waals surface area contributed by atoms with Crippen LogP contribution in [0.2, 0.25) is 0 Å². The third-order valence-corrected chi connectivity index (χ3v) is 8.48. The number of rotatable bonds is 6. The topological polar surface area (TPSA) is 96.2 Å². The van der Waals surface area contributed by atoms with E-state index in [1.807, 2.05) is 29.2 Å². The van der Waals surface area contributed by atoms with Gasteiger partial charge in [0.25, 0.3) is 5.69 Å². The first-order valence-corrected chi connectivity index (χ1v) is 12.7. The molecule has 0 aliphatic carbocycles. The number of nitro groups is 1. The van der Waals surface area contributed by atoms with Crippen LogP contribution in [0, 0.1) is 16.0 Å². The van der Waals surface area contributed by atoms with Crippen molar-refractivity contribution in [3.8, 4) is 5.75 Å². The second-order valence-electron chi connectivity index (χ2n) is 8.67. The number of benzene rings is 2. The van der Waals surface area contributed by atoms with Crippen LogP contribution in [0.4, 0.5) is 17.1 Å². The summed E-state index contributed by atoms with van der Waals surface area (Å²) in [6.45, 7) is 5.62. The Hall–Kier alpha value is -2.85. The van der Waals surface area contributed by atoms with E-state index in [9.17, 15) is 18.5 Å². The number of hydrogen-bond acceptors (Lipinski definition) is 7. The summed E-state index contributed by atoms with van der Waals surface area (Å²) in [6.07, 6.45) is 1.61. The van der Waals surface area contributed by atoms with Gasteiger partial charge >= 0.3 is 0 Å². The van der Waals surface area contributed by atoms with Gasteiger partial charge in [-0.2, -0.15) is 4.31 Å². The van der Waals surface area contributed by atoms with Crippen molar-refractivity contribution in [1.29, 1.82) is 0 Å². The largest absolute Gasteiger partial charge is 0.497 e. The molecule has 10 heteroatoms. The first-order valence-electron chi connectivity index (χ1n) is 11.2. The molecule has 2 heterocycles. The number of nitrogens with zero attached hydrogens (tertiary/aromatic N) is 4. The van der Waals surface area contributed by atoms with E-state index in [0.29, 0.717) is 50.9 Å². The summed E-state index contributed by atoms with van der Waals surface area (Å²) in [7, 11) is -2.12. The van der Waals surface area contributed by atoms with E-state index in [1.165, 1.54) is 16.4 Å². The number of anilines is 2. The lowest BCUT2D eigenvalue weighted by Crippen LogP contribution is -2.46. The Balaban J connectivity index is 1.51. The van der Waals surface area contributed by atoms with Gasteiger partial charge in [-0.1, -0.05) is 6.92 Å². The van der Waals surface area contributed by atoms with Gasteiger partial charge in [-0.25, -0.2) is 8.42 Å². The molecule has 2 aromatic carbocycles. The molecule has 0 bridgehead atoms. The fourth-order valence-corrected chi connectivity index (χ4v) is 5.94. The Morgan fingerprint density at radius 2 is 1.55 bits per heavy atom. The summed E-state index contributed by atoms with van der Waals surface area (Å²) in [5.74, 6) is 1.28. The number of piperidine rings is 1. The lowest BCUT2D eigenvalue weighted by Gasteiger charge is -2.37. The first kappa shape index (κ1) is 23.3. The molecule has 33 heavy (non-hydrogen) atoms. The maximum Gasteiger partial charge on any atom is 0.293 e. The number of hydrogen-bond donors (Lipinski definition) is 0. The van der Waals surface area contributed by atoms with Gasteiger partial charge in [0.15, 0.2) is 0 Å². The van der Waals surface area contributed by atoms with Gasteiger partial charge in [0.2, 0.25) is 10.0 Å². The Morgan fingerprint density at radius 1 is 0.939 bits per heavy atom. The van der Waals surface area contributed by atoms with E-state index in [1.54, 1.807) is 13.2 Å². The van der Waals surface area contributed by atoms with Gasteiger partial charge in [-0.15, -0.1) is 0 Å².